The van der Waals surface area contributed by atoms with Crippen LogP contribution in [0.2, 0.25) is 0 Å². The summed E-state index contributed by atoms with van der Waals surface area (Å²) in [7, 11) is 0. The van der Waals surface area contributed by atoms with Gasteiger partial charge < -0.3 is 10.4 Å². The third-order valence-corrected chi connectivity index (χ3v) is 4.67. The SMILES string of the molecule is OC1Cc2ccccc2C1Nc1nnc(-c2ccccn2)s1. The van der Waals surface area contributed by atoms with Crippen LogP contribution in [0, 0.1) is 0 Å². The van der Waals surface area contributed by atoms with Gasteiger partial charge in [-0.25, -0.2) is 0 Å². The van der Waals surface area contributed by atoms with Crippen molar-refractivity contribution in [3.05, 3.63) is 59.8 Å². The standard InChI is InChI=1S/C16H14N4OS/c21-13-9-10-5-1-2-6-11(10)14(13)18-16-20-19-15(22-16)12-7-3-4-8-17-12/h1-8,13-14,21H,9H2,(H,18,20). The molecule has 0 radical (unpaired) electrons. The number of aromatic nitrogens is 3. The Morgan fingerprint density at radius 1 is 1.09 bits per heavy atom. The number of nitrogens with one attached hydrogen (secondary N) is 1. The molecule has 22 heavy (non-hydrogen) atoms. The minimum absolute atomic E-state index is 0.138. The molecule has 5 nitrogen and oxygen atoms in total. The summed E-state index contributed by atoms with van der Waals surface area (Å²) < 4.78 is 0. The van der Waals surface area contributed by atoms with Crippen molar-refractivity contribution in [2.45, 2.75) is 18.6 Å². The number of hydrogen-bond donors (Lipinski definition) is 2. The van der Waals surface area contributed by atoms with Crippen LogP contribution in [-0.2, 0) is 6.42 Å². The van der Waals surface area contributed by atoms with Gasteiger partial charge in [0.1, 0.15) is 5.69 Å². The predicted molar refractivity (Wildman–Crippen MR) is 85.7 cm³/mol. The molecule has 2 N–H and O–H groups in total. The number of pyridine rings is 1. The summed E-state index contributed by atoms with van der Waals surface area (Å²) in [6.45, 7) is 0. The zero-order valence-electron chi connectivity index (χ0n) is 11.7. The van der Waals surface area contributed by atoms with E-state index >= 15 is 0 Å². The Morgan fingerprint density at radius 3 is 2.82 bits per heavy atom. The Kier molecular flexibility index (Phi) is 3.32. The van der Waals surface area contributed by atoms with E-state index in [0.717, 1.165) is 16.3 Å². The Balaban J connectivity index is 1.59. The second kappa shape index (κ2) is 5.47. The van der Waals surface area contributed by atoms with E-state index in [1.165, 1.54) is 16.9 Å². The Labute approximate surface area is 131 Å². The molecule has 2 unspecified atom stereocenters. The lowest BCUT2D eigenvalue weighted by atomic mass is 10.1. The van der Waals surface area contributed by atoms with Crippen LogP contribution >= 0.6 is 11.3 Å². The van der Waals surface area contributed by atoms with E-state index in [4.69, 9.17) is 0 Å². The van der Waals surface area contributed by atoms with Gasteiger partial charge in [-0.1, -0.05) is 41.7 Å². The fraction of sp³-hybridized carbons (Fsp3) is 0.188. The predicted octanol–water partition coefficient (Wildman–Crippen LogP) is 2.67. The van der Waals surface area contributed by atoms with E-state index in [-0.39, 0.29) is 6.04 Å². The van der Waals surface area contributed by atoms with Gasteiger partial charge >= 0.3 is 0 Å². The number of aliphatic hydroxyl groups excluding tert-OH is 1. The molecule has 2 aromatic heterocycles. The van der Waals surface area contributed by atoms with Crippen LogP contribution in [0.4, 0.5) is 5.13 Å². The van der Waals surface area contributed by atoms with Crippen molar-refractivity contribution in [3.8, 4) is 10.7 Å². The monoisotopic (exact) mass is 310 g/mol. The minimum Gasteiger partial charge on any atom is -0.390 e. The maximum atomic E-state index is 10.3. The molecule has 0 saturated carbocycles. The Bertz CT molecular complexity index is 790. The van der Waals surface area contributed by atoms with E-state index in [0.29, 0.717) is 11.6 Å². The summed E-state index contributed by atoms with van der Waals surface area (Å²) in [6, 6.07) is 13.7. The number of hydrogen-bond acceptors (Lipinski definition) is 6. The molecular weight excluding hydrogens is 296 g/mol. The van der Waals surface area contributed by atoms with Crippen molar-refractivity contribution in [1.82, 2.24) is 15.2 Å². The van der Waals surface area contributed by atoms with Crippen molar-refractivity contribution in [2.75, 3.05) is 5.32 Å². The summed E-state index contributed by atoms with van der Waals surface area (Å²) >= 11 is 1.44. The smallest absolute Gasteiger partial charge is 0.206 e. The summed E-state index contributed by atoms with van der Waals surface area (Å²) in [4.78, 5) is 4.28. The fourth-order valence-electron chi connectivity index (χ4n) is 2.76. The highest BCUT2D eigenvalue weighted by molar-refractivity contribution is 7.18. The lowest BCUT2D eigenvalue weighted by molar-refractivity contribution is 0.166. The average Bonchev–Trinajstić information content (AvgIpc) is 3.14. The molecule has 110 valence electrons. The third-order valence-electron chi connectivity index (χ3n) is 3.79. The van der Waals surface area contributed by atoms with Gasteiger partial charge in [0.15, 0.2) is 5.01 Å². The molecule has 0 amide bonds. The maximum absolute atomic E-state index is 10.3. The first-order valence-corrected chi connectivity index (χ1v) is 7.90. The van der Waals surface area contributed by atoms with Gasteiger partial charge in [-0.15, -0.1) is 10.2 Å². The second-order valence-electron chi connectivity index (χ2n) is 5.22. The van der Waals surface area contributed by atoms with Crippen LogP contribution in [0.25, 0.3) is 10.7 Å². The highest BCUT2D eigenvalue weighted by Gasteiger charge is 2.31. The van der Waals surface area contributed by atoms with Crippen molar-refractivity contribution in [2.24, 2.45) is 0 Å². The molecule has 0 fully saturated rings. The Hall–Kier alpha value is -2.31. The summed E-state index contributed by atoms with van der Waals surface area (Å²) in [6.07, 6.45) is 1.96. The number of anilines is 1. The van der Waals surface area contributed by atoms with Crippen molar-refractivity contribution < 1.29 is 5.11 Å². The molecule has 0 spiro atoms. The summed E-state index contributed by atoms with van der Waals surface area (Å²) in [5, 5.41) is 23.4. The number of aliphatic hydroxyl groups is 1. The van der Waals surface area contributed by atoms with E-state index < -0.39 is 6.10 Å². The van der Waals surface area contributed by atoms with E-state index in [2.05, 4.69) is 26.6 Å². The second-order valence-corrected chi connectivity index (χ2v) is 6.20. The number of benzene rings is 1. The molecular formula is C16H14N4OS. The topological polar surface area (TPSA) is 70.9 Å². The van der Waals surface area contributed by atoms with Crippen molar-refractivity contribution in [1.29, 1.82) is 0 Å². The largest absolute Gasteiger partial charge is 0.390 e. The summed E-state index contributed by atoms with van der Waals surface area (Å²) in [5.74, 6) is 0. The van der Waals surface area contributed by atoms with E-state index in [1.807, 2.05) is 36.4 Å². The van der Waals surface area contributed by atoms with Crippen molar-refractivity contribution >= 4 is 16.5 Å². The van der Waals surface area contributed by atoms with Crippen LogP contribution in [0.15, 0.2) is 48.7 Å². The van der Waals surface area contributed by atoms with Gasteiger partial charge in [-0.2, -0.15) is 0 Å². The van der Waals surface area contributed by atoms with Crippen LogP contribution in [0.5, 0.6) is 0 Å². The fourth-order valence-corrected chi connectivity index (χ4v) is 3.51. The first-order chi connectivity index (χ1) is 10.8. The van der Waals surface area contributed by atoms with E-state index in [9.17, 15) is 5.11 Å². The van der Waals surface area contributed by atoms with Gasteiger partial charge in [-0.05, 0) is 23.3 Å². The molecule has 3 aromatic rings. The lowest BCUT2D eigenvalue weighted by Gasteiger charge is -2.16. The molecule has 4 rings (SSSR count). The molecule has 0 aliphatic heterocycles. The van der Waals surface area contributed by atoms with Gasteiger partial charge in [0.05, 0.1) is 12.1 Å². The maximum Gasteiger partial charge on any atom is 0.206 e. The molecule has 0 bridgehead atoms. The third kappa shape index (κ3) is 2.36. The van der Waals surface area contributed by atoms with Gasteiger partial charge in [0.25, 0.3) is 0 Å². The first kappa shape index (κ1) is 13.4. The minimum atomic E-state index is -0.445. The number of rotatable bonds is 3. The van der Waals surface area contributed by atoms with Crippen LogP contribution in [0.3, 0.4) is 0 Å². The number of nitrogens with zero attached hydrogens (tertiary/aromatic N) is 3. The average molecular weight is 310 g/mol. The molecule has 1 aliphatic rings. The molecule has 6 heteroatoms. The van der Waals surface area contributed by atoms with Crippen LogP contribution < -0.4 is 5.32 Å². The molecule has 2 atom stereocenters. The highest BCUT2D eigenvalue weighted by atomic mass is 32.1. The zero-order valence-corrected chi connectivity index (χ0v) is 12.5. The first-order valence-electron chi connectivity index (χ1n) is 7.08. The van der Waals surface area contributed by atoms with Gasteiger partial charge in [-0.3, -0.25) is 4.98 Å². The van der Waals surface area contributed by atoms with Gasteiger partial charge in [0, 0.05) is 12.6 Å². The quantitative estimate of drug-likeness (QED) is 0.778. The molecule has 1 aliphatic carbocycles. The summed E-state index contributed by atoms with van der Waals surface area (Å²) in [5.41, 5.74) is 3.12. The number of fused-ring (bicyclic) bond motifs is 1. The Morgan fingerprint density at radius 2 is 1.95 bits per heavy atom. The zero-order chi connectivity index (χ0) is 14.9. The van der Waals surface area contributed by atoms with Gasteiger partial charge in [0.2, 0.25) is 5.13 Å². The van der Waals surface area contributed by atoms with E-state index in [1.54, 1.807) is 6.20 Å². The lowest BCUT2D eigenvalue weighted by Crippen LogP contribution is -2.21. The van der Waals surface area contributed by atoms with Crippen molar-refractivity contribution in [3.63, 3.8) is 0 Å². The molecule has 1 aromatic carbocycles. The van der Waals surface area contributed by atoms with Crippen LogP contribution in [0.1, 0.15) is 17.2 Å². The normalized spacial score (nSPS) is 19.9. The van der Waals surface area contributed by atoms with Crippen LogP contribution in [-0.4, -0.2) is 26.4 Å². The molecule has 2 heterocycles. The highest BCUT2D eigenvalue weighted by Crippen LogP contribution is 2.35. The molecule has 0 saturated heterocycles.